The molecule has 0 fully saturated rings. The molecular formula is C15H18BrN3O. The van der Waals surface area contributed by atoms with E-state index >= 15 is 0 Å². The van der Waals surface area contributed by atoms with Crippen LogP contribution in [0.2, 0.25) is 0 Å². The van der Waals surface area contributed by atoms with Gasteiger partial charge in [-0.2, -0.15) is 5.10 Å². The molecule has 0 aliphatic carbocycles. The first-order valence-electron chi connectivity index (χ1n) is 6.61. The van der Waals surface area contributed by atoms with Gasteiger partial charge in [-0.05, 0) is 47.8 Å². The molecule has 0 unspecified atom stereocenters. The maximum Gasteiger partial charge on any atom is 0.251 e. The van der Waals surface area contributed by atoms with Gasteiger partial charge < -0.3 is 5.32 Å². The van der Waals surface area contributed by atoms with E-state index in [0.717, 1.165) is 34.3 Å². The molecule has 5 heteroatoms. The second kappa shape index (κ2) is 6.70. The molecular weight excluding hydrogens is 318 g/mol. The Balaban J connectivity index is 1.79. The predicted molar refractivity (Wildman–Crippen MR) is 82.8 cm³/mol. The van der Waals surface area contributed by atoms with Crippen molar-refractivity contribution in [3.05, 3.63) is 51.8 Å². The molecule has 0 radical (unpaired) electrons. The first-order chi connectivity index (χ1) is 9.58. The largest absolute Gasteiger partial charge is 0.352 e. The van der Waals surface area contributed by atoms with Gasteiger partial charge in [-0.3, -0.25) is 9.48 Å². The van der Waals surface area contributed by atoms with Gasteiger partial charge >= 0.3 is 0 Å². The van der Waals surface area contributed by atoms with E-state index in [0.29, 0.717) is 6.54 Å². The van der Waals surface area contributed by atoms with Gasteiger partial charge in [-0.1, -0.05) is 18.2 Å². The van der Waals surface area contributed by atoms with Crippen LogP contribution in [0.15, 0.2) is 34.9 Å². The van der Waals surface area contributed by atoms with Gasteiger partial charge in [-0.15, -0.1) is 0 Å². The lowest BCUT2D eigenvalue weighted by molar-refractivity contribution is 0.0952. The summed E-state index contributed by atoms with van der Waals surface area (Å²) < 4.78 is 2.90. The lowest BCUT2D eigenvalue weighted by atomic mass is 10.1. The second-order valence-electron chi connectivity index (χ2n) is 4.75. The number of hydrogen-bond acceptors (Lipinski definition) is 2. The predicted octanol–water partition coefficient (Wildman–Crippen LogP) is 3.08. The highest BCUT2D eigenvalue weighted by Gasteiger charge is 2.07. The van der Waals surface area contributed by atoms with Gasteiger partial charge in [0, 0.05) is 24.8 Å². The molecule has 0 atom stereocenters. The number of aryl methyl sites for hydroxylation is 3. The summed E-state index contributed by atoms with van der Waals surface area (Å²) >= 11 is 3.43. The fourth-order valence-corrected chi connectivity index (χ4v) is 2.29. The standard InChI is InChI=1S/C15H18BrN3O/c1-11-6-3-4-7-13(11)15(20)17-8-5-9-19-10-14(16)12(2)18-19/h3-4,6-7,10H,5,8-9H2,1-2H3,(H,17,20). The fourth-order valence-electron chi connectivity index (χ4n) is 1.97. The Labute approximate surface area is 127 Å². The van der Waals surface area contributed by atoms with E-state index in [1.54, 1.807) is 0 Å². The van der Waals surface area contributed by atoms with Gasteiger partial charge in [0.25, 0.3) is 5.91 Å². The van der Waals surface area contributed by atoms with Crippen LogP contribution < -0.4 is 5.32 Å². The molecule has 1 N–H and O–H groups in total. The molecule has 0 bridgehead atoms. The molecule has 4 nitrogen and oxygen atoms in total. The molecule has 106 valence electrons. The molecule has 1 aromatic carbocycles. The minimum atomic E-state index is -0.0130. The van der Waals surface area contributed by atoms with Gasteiger partial charge in [0.15, 0.2) is 0 Å². The van der Waals surface area contributed by atoms with Crippen molar-refractivity contribution >= 4 is 21.8 Å². The minimum Gasteiger partial charge on any atom is -0.352 e. The van der Waals surface area contributed by atoms with Crippen LogP contribution in [0.25, 0.3) is 0 Å². The number of nitrogens with one attached hydrogen (secondary N) is 1. The topological polar surface area (TPSA) is 46.9 Å². The molecule has 1 amide bonds. The summed E-state index contributed by atoms with van der Waals surface area (Å²) in [5.74, 6) is -0.0130. The molecule has 0 saturated heterocycles. The summed E-state index contributed by atoms with van der Waals surface area (Å²) in [6.07, 6.45) is 2.81. The molecule has 0 aliphatic rings. The Hall–Kier alpha value is -1.62. The number of carbonyl (C=O) groups is 1. The second-order valence-corrected chi connectivity index (χ2v) is 5.60. The van der Waals surface area contributed by atoms with Crippen LogP contribution in [0.1, 0.15) is 28.0 Å². The quantitative estimate of drug-likeness (QED) is 0.853. The van der Waals surface area contributed by atoms with E-state index in [4.69, 9.17) is 0 Å². The van der Waals surface area contributed by atoms with E-state index in [-0.39, 0.29) is 5.91 Å². The first kappa shape index (κ1) is 14.8. The fraction of sp³-hybridized carbons (Fsp3) is 0.333. The Bertz CT molecular complexity index is 587. The lowest BCUT2D eigenvalue weighted by Gasteiger charge is -2.07. The summed E-state index contributed by atoms with van der Waals surface area (Å²) in [5.41, 5.74) is 2.72. The summed E-state index contributed by atoms with van der Waals surface area (Å²) in [7, 11) is 0. The highest BCUT2D eigenvalue weighted by Crippen LogP contribution is 2.13. The Morgan fingerprint density at radius 2 is 2.10 bits per heavy atom. The number of halogens is 1. The zero-order valence-corrected chi connectivity index (χ0v) is 13.3. The molecule has 0 saturated carbocycles. The van der Waals surface area contributed by atoms with E-state index in [9.17, 15) is 4.79 Å². The zero-order chi connectivity index (χ0) is 14.5. The van der Waals surface area contributed by atoms with Crippen LogP contribution in [0.4, 0.5) is 0 Å². The van der Waals surface area contributed by atoms with E-state index in [1.165, 1.54) is 0 Å². The molecule has 0 aliphatic heterocycles. The van der Waals surface area contributed by atoms with Crippen molar-refractivity contribution in [2.24, 2.45) is 0 Å². The molecule has 2 aromatic rings. The van der Waals surface area contributed by atoms with Crippen molar-refractivity contribution in [3.8, 4) is 0 Å². The van der Waals surface area contributed by atoms with Crippen LogP contribution >= 0.6 is 15.9 Å². The van der Waals surface area contributed by atoms with Crippen molar-refractivity contribution in [2.75, 3.05) is 6.54 Å². The average molecular weight is 336 g/mol. The monoisotopic (exact) mass is 335 g/mol. The van der Waals surface area contributed by atoms with Crippen LogP contribution in [-0.4, -0.2) is 22.2 Å². The Morgan fingerprint density at radius 3 is 2.75 bits per heavy atom. The number of rotatable bonds is 5. The lowest BCUT2D eigenvalue weighted by Crippen LogP contribution is -2.26. The SMILES string of the molecule is Cc1ccccc1C(=O)NCCCn1cc(Br)c(C)n1. The number of carbonyl (C=O) groups excluding carboxylic acids is 1. The minimum absolute atomic E-state index is 0.0130. The van der Waals surface area contributed by atoms with Gasteiger partial charge in [0.1, 0.15) is 0 Å². The number of amides is 1. The van der Waals surface area contributed by atoms with Gasteiger partial charge in [0.2, 0.25) is 0 Å². The summed E-state index contributed by atoms with van der Waals surface area (Å²) in [5, 5.41) is 7.30. The number of benzene rings is 1. The Kier molecular flexibility index (Phi) is 4.95. The summed E-state index contributed by atoms with van der Waals surface area (Å²) in [4.78, 5) is 12.0. The maximum absolute atomic E-state index is 12.0. The highest BCUT2D eigenvalue weighted by molar-refractivity contribution is 9.10. The molecule has 0 spiro atoms. The van der Waals surface area contributed by atoms with Crippen LogP contribution in [-0.2, 0) is 6.54 Å². The van der Waals surface area contributed by atoms with E-state index in [2.05, 4.69) is 26.3 Å². The molecule has 2 rings (SSSR count). The van der Waals surface area contributed by atoms with Crippen LogP contribution in [0.3, 0.4) is 0 Å². The van der Waals surface area contributed by atoms with Crippen molar-refractivity contribution < 1.29 is 4.79 Å². The van der Waals surface area contributed by atoms with Crippen molar-refractivity contribution in [2.45, 2.75) is 26.8 Å². The van der Waals surface area contributed by atoms with Crippen LogP contribution in [0.5, 0.6) is 0 Å². The van der Waals surface area contributed by atoms with Gasteiger partial charge in [-0.25, -0.2) is 0 Å². The Morgan fingerprint density at radius 1 is 1.35 bits per heavy atom. The van der Waals surface area contributed by atoms with Gasteiger partial charge in [0.05, 0.1) is 10.2 Å². The third-order valence-corrected chi connectivity index (χ3v) is 3.90. The molecule has 1 aromatic heterocycles. The normalized spacial score (nSPS) is 10.6. The zero-order valence-electron chi connectivity index (χ0n) is 11.7. The molecule has 20 heavy (non-hydrogen) atoms. The van der Waals surface area contributed by atoms with E-state index < -0.39 is 0 Å². The van der Waals surface area contributed by atoms with Crippen molar-refractivity contribution in [3.63, 3.8) is 0 Å². The summed E-state index contributed by atoms with van der Waals surface area (Å²) in [6.45, 7) is 5.34. The first-order valence-corrected chi connectivity index (χ1v) is 7.40. The third kappa shape index (κ3) is 3.70. The smallest absolute Gasteiger partial charge is 0.251 e. The third-order valence-electron chi connectivity index (χ3n) is 3.13. The van der Waals surface area contributed by atoms with E-state index in [1.807, 2.05) is 49.0 Å². The van der Waals surface area contributed by atoms with Crippen LogP contribution in [0, 0.1) is 13.8 Å². The highest BCUT2D eigenvalue weighted by atomic mass is 79.9. The number of nitrogens with zero attached hydrogens (tertiary/aromatic N) is 2. The average Bonchev–Trinajstić information content (AvgIpc) is 2.74. The maximum atomic E-state index is 12.0. The summed E-state index contributed by atoms with van der Waals surface area (Å²) in [6, 6.07) is 7.60. The van der Waals surface area contributed by atoms with Crippen molar-refractivity contribution in [1.29, 1.82) is 0 Å². The number of hydrogen-bond donors (Lipinski definition) is 1. The number of aromatic nitrogens is 2. The van der Waals surface area contributed by atoms with Crippen molar-refractivity contribution in [1.82, 2.24) is 15.1 Å². The molecule has 1 heterocycles.